The summed E-state index contributed by atoms with van der Waals surface area (Å²) in [7, 11) is 0. The van der Waals surface area contributed by atoms with Crippen molar-refractivity contribution in [3.63, 3.8) is 0 Å². The molecular weight excluding hydrogens is 168 g/mol. The number of urea groups is 1. The van der Waals surface area contributed by atoms with E-state index in [9.17, 15) is 14.4 Å². The predicted molar refractivity (Wildman–Crippen MR) is 35.9 cm³/mol. The summed E-state index contributed by atoms with van der Waals surface area (Å²) in [5.41, 5.74) is -0.732. The van der Waals surface area contributed by atoms with Gasteiger partial charge < -0.3 is 11.4 Å². The lowest BCUT2D eigenvalue weighted by molar-refractivity contribution is -0.119. The number of rotatable bonds is 0. The van der Waals surface area contributed by atoms with Crippen LogP contribution in [0.5, 0.6) is 0 Å². The van der Waals surface area contributed by atoms with Crippen molar-refractivity contribution in [3.05, 3.63) is 0 Å². The fourth-order valence-corrected chi connectivity index (χ4v) is 0.550. The van der Waals surface area contributed by atoms with Crippen LogP contribution in [0, 0.1) is 0 Å². The van der Waals surface area contributed by atoms with Gasteiger partial charge in [-0.05, 0) is 0 Å². The third-order valence-electron chi connectivity index (χ3n) is 0.984. The minimum Gasteiger partial charge on any atom is -0.410 e. The second-order valence-electron chi connectivity index (χ2n) is 1.69. The molecule has 12 heavy (non-hydrogen) atoms. The Bertz CT molecular complexity index is 248. The van der Waals surface area contributed by atoms with E-state index in [1.54, 1.807) is 10.6 Å². The number of hydrogen-bond acceptors (Lipinski definition) is 6. The van der Waals surface area contributed by atoms with E-state index in [-0.39, 0.29) is 6.15 Å². The topological polar surface area (TPSA) is 143 Å². The maximum Gasteiger partial charge on any atom is 0.328 e. The van der Waals surface area contributed by atoms with Crippen LogP contribution in [0.4, 0.5) is 4.79 Å². The molecule has 1 rings (SSSR count). The molecule has 0 bridgehead atoms. The lowest BCUT2D eigenvalue weighted by Gasteiger charge is -2.10. The first-order chi connectivity index (χ1) is 5.15. The van der Waals surface area contributed by atoms with Crippen LogP contribution >= 0.6 is 0 Å². The molecule has 0 aromatic heterocycles. The Morgan fingerprint density at radius 3 is 1.83 bits per heavy atom. The Hall–Kier alpha value is -1.96. The van der Waals surface area contributed by atoms with E-state index in [1.165, 1.54) is 0 Å². The molecular formula is C4H6N4O4. The molecule has 6 N–H and O–H groups in total. The molecule has 0 aromatic rings. The van der Waals surface area contributed by atoms with Crippen LogP contribution in [0.2, 0.25) is 0 Å². The van der Waals surface area contributed by atoms with Crippen molar-refractivity contribution in [3.8, 4) is 0 Å². The monoisotopic (exact) mass is 174 g/mol. The molecule has 4 amide bonds. The zero-order chi connectivity index (χ0) is 8.43. The van der Waals surface area contributed by atoms with Crippen molar-refractivity contribution in [1.29, 1.82) is 0 Å². The molecule has 1 fully saturated rings. The number of amides is 4. The van der Waals surface area contributed by atoms with Crippen molar-refractivity contribution in [2.24, 2.45) is 5.16 Å². The minimum atomic E-state index is -1.01. The van der Waals surface area contributed by atoms with Crippen molar-refractivity contribution in [2.75, 3.05) is 0 Å². The minimum absolute atomic E-state index is 0. The smallest absolute Gasteiger partial charge is 0.328 e. The zero-order valence-electron chi connectivity index (χ0n) is 5.83. The van der Waals surface area contributed by atoms with Gasteiger partial charge in [-0.25, -0.2) is 4.79 Å². The van der Waals surface area contributed by atoms with Gasteiger partial charge in [-0.1, -0.05) is 5.16 Å². The van der Waals surface area contributed by atoms with E-state index >= 15 is 0 Å². The quantitative estimate of drug-likeness (QED) is 0.257. The number of carbonyl (C=O) groups is 3. The molecule has 0 aromatic carbocycles. The van der Waals surface area contributed by atoms with Gasteiger partial charge in [0.15, 0.2) is 0 Å². The predicted octanol–water partition coefficient (Wildman–Crippen LogP) is -1.66. The zero-order valence-corrected chi connectivity index (χ0v) is 5.83. The van der Waals surface area contributed by atoms with Gasteiger partial charge >= 0.3 is 6.03 Å². The number of oxime groups is 1. The summed E-state index contributed by atoms with van der Waals surface area (Å²) in [5.74, 6) is -2.03. The number of carbonyl (C=O) groups excluding carboxylic acids is 3. The van der Waals surface area contributed by atoms with Gasteiger partial charge in [-0.2, -0.15) is 0 Å². The molecule has 0 unspecified atom stereocenters. The molecule has 8 nitrogen and oxygen atoms in total. The molecule has 0 aliphatic carbocycles. The molecule has 1 saturated heterocycles. The second kappa shape index (κ2) is 3.44. The van der Waals surface area contributed by atoms with Gasteiger partial charge in [0, 0.05) is 0 Å². The van der Waals surface area contributed by atoms with Gasteiger partial charge in [-0.3, -0.25) is 20.2 Å². The molecule has 0 radical (unpaired) electrons. The summed E-state index contributed by atoms with van der Waals surface area (Å²) in [6.07, 6.45) is 0. The standard InChI is InChI=1S/C4H3N3O4.H3N/c8-2-1(7-11)3(9)6-4(10)5-2;/h11H,(H2,5,6,8,9,10);1H3. The van der Waals surface area contributed by atoms with Crippen molar-refractivity contribution >= 4 is 23.6 Å². The lowest BCUT2D eigenvalue weighted by Crippen LogP contribution is -2.56. The number of nitrogens with one attached hydrogen (secondary N) is 2. The maximum absolute atomic E-state index is 10.6. The highest BCUT2D eigenvalue weighted by Gasteiger charge is 2.29. The molecule has 1 aliphatic heterocycles. The largest absolute Gasteiger partial charge is 0.410 e. The van der Waals surface area contributed by atoms with Crippen LogP contribution < -0.4 is 16.8 Å². The van der Waals surface area contributed by atoms with Crippen molar-refractivity contribution in [1.82, 2.24) is 16.8 Å². The fourth-order valence-electron chi connectivity index (χ4n) is 0.550. The highest BCUT2D eigenvalue weighted by molar-refractivity contribution is 6.68. The molecule has 1 heterocycles. The highest BCUT2D eigenvalue weighted by atomic mass is 16.4. The first-order valence-electron chi connectivity index (χ1n) is 2.54. The Balaban J connectivity index is 0.00000121. The van der Waals surface area contributed by atoms with E-state index in [1.807, 2.05) is 0 Å². The average molecular weight is 174 g/mol. The normalized spacial score (nSPS) is 16.0. The maximum atomic E-state index is 10.6. The Labute approximate surface area is 66.2 Å². The Kier molecular flexibility index (Phi) is 2.88. The Morgan fingerprint density at radius 2 is 1.50 bits per heavy atom. The first-order valence-corrected chi connectivity index (χ1v) is 2.54. The summed E-state index contributed by atoms with van der Waals surface area (Å²) in [6, 6.07) is -0.924. The number of hydrogen-bond donors (Lipinski definition) is 4. The number of barbiturate groups is 1. The van der Waals surface area contributed by atoms with Gasteiger partial charge in [-0.15, -0.1) is 0 Å². The Morgan fingerprint density at radius 1 is 1.08 bits per heavy atom. The fraction of sp³-hybridized carbons (Fsp3) is 0. The van der Waals surface area contributed by atoms with Gasteiger partial charge in [0.2, 0.25) is 5.71 Å². The van der Waals surface area contributed by atoms with E-state index in [2.05, 4.69) is 5.16 Å². The van der Waals surface area contributed by atoms with Gasteiger partial charge in [0.05, 0.1) is 0 Å². The van der Waals surface area contributed by atoms with Crippen LogP contribution in [0.15, 0.2) is 5.16 Å². The molecule has 0 atom stereocenters. The van der Waals surface area contributed by atoms with E-state index in [4.69, 9.17) is 5.21 Å². The molecule has 0 spiro atoms. The van der Waals surface area contributed by atoms with Crippen LogP contribution in [0.3, 0.4) is 0 Å². The van der Waals surface area contributed by atoms with E-state index < -0.39 is 23.6 Å². The second-order valence-corrected chi connectivity index (χ2v) is 1.69. The van der Waals surface area contributed by atoms with Crippen molar-refractivity contribution < 1.29 is 19.6 Å². The van der Waals surface area contributed by atoms with Gasteiger partial charge in [0.1, 0.15) is 0 Å². The van der Waals surface area contributed by atoms with Crippen LogP contribution in [-0.4, -0.2) is 28.8 Å². The molecule has 8 heteroatoms. The molecule has 66 valence electrons. The van der Waals surface area contributed by atoms with Crippen LogP contribution in [0.1, 0.15) is 0 Å². The van der Waals surface area contributed by atoms with Gasteiger partial charge in [0.25, 0.3) is 11.8 Å². The molecule has 1 aliphatic rings. The number of imide groups is 2. The first kappa shape index (κ1) is 10.0. The summed E-state index contributed by atoms with van der Waals surface area (Å²) >= 11 is 0. The SMILES string of the molecule is N.O=C1NC(=O)C(=NO)C(=O)N1. The summed E-state index contributed by atoms with van der Waals surface area (Å²) in [4.78, 5) is 31.5. The summed E-state index contributed by atoms with van der Waals surface area (Å²) < 4.78 is 0. The summed E-state index contributed by atoms with van der Waals surface area (Å²) in [5, 5.41) is 13.9. The third kappa shape index (κ3) is 1.55. The highest BCUT2D eigenvalue weighted by Crippen LogP contribution is 1.85. The molecule has 0 saturated carbocycles. The lowest BCUT2D eigenvalue weighted by atomic mass is 10.3. The third-order valence-corrected chi connectivity index (χ3v) is 0.984. The average Bonchev–Trinajstić information content (AvgIpc) is 1.85. The van der Waals surface area contributed by atoms with E-state index in [0.29, 0.717) is 0 Å². The van der Waals surface area contributed by atoms with Crippen LogP contribution in [-0.2, 0) is 9.59 Å². The number of nitrogens with zero attached hydrogens (tertiary/aromatic N) is 1. The van der Waals surface area contributed by atoms with Crippen molar-refractivity contribution in [2.45, 2.75) is 0 Å². The van der Waals surface area contributed by atoms with E-state index in [0.717, 1.165) is 0 Å². The van der Waals surface area contributed by atoms with Crippen LogP contribution in [0.25, 0.3) is 0 Å². The summed E-state index contributed by atoms with van der Waals surface area (Å²) in [6.45, 7) is 0.